The van der Waals surface area contributed by atoms with Crippen LogP contribution < -0.4 is 5.73 Å². The van der Waals surface area contributed by atoms with Crippen molar-refractivity contribution in [3.8, 4) is 0 Å². The van der Waals surface area contributed by atoms with Crippen LogP contribution in [0.5, 0.6) is 0 Å². The van der Waals surface area contributed by atoms with Crippen LogP contribution in [0.15, 0.2) is 36.4 Å². The van der Waals surface area contributed by atoms with Crippen LogP contribution in [0.1, 0.15) is 15.9 Å². The van der Waals surface area contributed by atoms with Gasteiger partial charge < -0.3 is 5.73 Å². The lowest BCUT2D eigenvalue weighted by Gasteiger charge is -2.04. The largest absolute Gasteiger partial charge is 0.396 e. The Balaban J connectivity index is 2.23. The maximum absolute atomic E-state index is 13.4. The zero-order valence-electron chi connectivity index (χ0n) is 9.79. The van der Waals surface area contributed by atoms with E-state index in [1.54, 1.807) is 0 Å². The zero-order chi connectivity index (χ0) is 14.0. The van der Waals surface area contributed by atoms with Crippen molar-refractivity contribution in [2.75, 3.05) is 5.73 Å². The van der Waals surface area contributed by atoms with Gasteiger partial charge in [0.25, 0.3) is 0 Å². The fraction of sp³-hybridized carbons (Fsp3) is 0.0714. The molecule has 0 saturated heterocycles. The second-order valence-electron chi connectivity index (χ2n) is 4.07. The lowest BCUT2D eigenvalue weighted by Crippen LogP contribution is -2.06. The van der Waals surface area contributed by atoms with Gasteiger partial charge in [-0.15, -0.1) is 0 Å². The molecule has 0 fully saturated rings. The highest BCUT2D eigenvalue weighted by atomic mass is 19.1. The predicted molar refractivity (Wildman–Crippen MR) is 65.2 cm³/mol. The van der Waals surface area contributed by atoms with Gasteiger partial charge in [-0.25, -0.2) is 13.2 Å². The molecule has 2 nitrogen and oxygen atoms in total. The molecule has 98 valence electrons. The van der Waals surface area contributed by atoms with Gasteiger partial charge in [-0.3, -0.25) is 4.79 Å². The topological polar surface area (TPSA) is 43.1 Å². The van der Waals surface area contributed by atoms with Crippen molar-refractivity contribution in [1.82, 2.24) is 0 Å². The highest BCUT2D eigenvalue weighted by Gasteiger charge is 2.12. The molecule has 0 heterocycles. The fourth-order valence-corrected chi connectivity index (χ4v) is 1.64. The van der Waals surface area contributed by atoms with Gasteiger partial charge in [0.05, 0.1) is 5.69 Å². The first-order valence-electron chi connectivity index (χ1n) is 5.49. The first-order valence-corrected chi connectivity index (χ1v) is 5.49. The van der Waals surface area contributed by atoms with Gasteiger partial charge in [-0.2, -0.15) is 0 Å². The van der Waals surface area contributed by atoms with E-state index in [2.05, 4.69) is 0 Å². The number of ketones is 1. The van der Waals surface area contributed by atoms with Gasteiger partial charge in [-0.1, -0.05) is 6.07 Å². The molecule has 0 aliphatic heterocycles. The SMILES string of the molecule is Nc1ccc(C(=O)Cc2ccc(F)cc2F)cc1F. The average molecular weight is 265 g/mol. The van der Waals surface area contributed by atoms with Crippen molar-refractivity contribution in [1.29, 1.82) is 0 Å². The number of halogens is 3. The van der Waals surface area contributed by atoms with Crippen molar-refractivity contribution in [3.63, 3.8) is 0 Å². The van der Waals surface area contributed by atoms with Gasteiger partial charge in [0.15, 0.2) is 5.78 Å². The summed E-state index contributed by atoms with van der Waals surface area (Å²) in [6.07, 6.45) is -0.268. The van der Waals surface area contributed by atoms with Crippen LogP contribution in [0, 0.1) is 17.5 Å². The maximum atomic E-state index is 13.4. The van der Waals surface area contributed by atoms with E-state index >= 15 is 0 Å². The number of anilines is 1. The molecule has 0 unspecified atom stereocenters. The van der Waals surface area contributed by atoms with Crippen LogP contribution in [0.3, 0.4) is 0 Å². The van der Waals surface area contributed by atoms with Gasteiger partial charge in [0.1, 0.15) is 17.5 Å². The minimum absolute atomic E-state index is 0.0589. The molecule has 0 aromatic heterocycles. The predicted octanol–water partition coefficient (Wildman–Crippen LogP) is 3.11. The summed E-state index contributed by atoms with van der Waals surface area (Å²) >= 11 is 0. The third-order valence-electron chi connectivity index (χ3n) is 2.69. The highest BCUT2D eigenvalue weighted by Crippen LogP contribution is 2.16. The second-order valence-corrected chi connectivity index (χ2v) is 4.07. The molecule has 0 radical (unpaired) electrons. The van der Waals surface area contributed by atoms with Crippen molar-refractivity contribution in [2.24, 2.45) is 0 Å². The summed E-state index contributed by atoms with van der Waals surface area (Å²) in [7, 11) is 0. The van der Waals surface area contributed by atoms with Crippen molar-refractivity contribution >= 4 is 11.5 Å². The molecule has 0 amide bonds. The summed E-state index contributed by atoms with van der Waals surface area (Å²) in [6.45, 7) is 0. The third kappa shape index (κ3) is 2.93. The standard InChI is InChI=1S/C14H10F3NO/c15-10-3-1-8(11(16)7-10)6-14(19)9-2-4-13(18)12(17)5-9/h1-5,7H,6,18H2. The zero-order valence-corrected chi connectivity index (χ0v) is 9.79. The number of benzene rings is 2. The van der Waals surface area contributed by atoms with E-state index < -0.39 is 23.2 Å². The molecule has 0 aliphatic rings. The summed E-state index contributed by atoms with van der Waals surface area (Å²) in [5.74, 6) is -2.69. The van der Waals surface area contributed by atoms with Crippen molar-refractivity contribution < 1.29 is 18.0 Å². The van der Waals surface area contributed by atoms with E-state index in [0.717, 1.165) is 12.1 Å². The Bertz CT molecular complexity index is 641. The van der Waals surface area contributed by atoms with Crippen LogP contribution >= 0.6 is 0 Å². The molecule has 5 heteroatoms. The van der Waals surface area contributed by atoms with E-state index in [4.69, 9.17) is 5.73 Å². The Morgan fingerprint density at radius 2 is 1.74 bits per heavy atom. The average Bonchev–Trinajstić information content (AvgIpc) is 2.36. The summed E-state index contributed by atoms with van der Waals surface area (Å²) in [6, 6.07) is 6.59. The number of Topliss-reactive ketones (excluding diaryl/α,β-unsaturated/α-hetero) is 1. The minimum atomic E-state index is -0.802. The fourth-order valence-electron chi connectivity index (χ4n) is 1.64. The minimum Gasteiger partial charge on any atom is -0.396 e. The Morgan fingerprint density at radius 1 is 1.00 bits per heavy atom. The molecule has 19 heavy (non-hydrogen) atoms. The van der Waals surface area contributed by atoms with Gasteiger partial charge in [0, 0.05) is 18.1 Å². The van der Waals surface area contributed by atoms with Gasteiger partial charge in [0.2, 0.25) is 0 Å². The van der Waals surface area contributed by atoms with Crippen LogP contribution in [0.4, 0.5) is 18.9 Å². The summed E-state index contributed by atoms with van der Waals surface area (Å²) in [5.41, 5.74) is 5.38. The molecule has 0 saturated carbocycles. The molecular formula is C14H10F3NO. The molecule has 0 atom stereocenters. The van der Waals surface area contributed by atoms with Crippen LogP contribution in [0.2, 0.25) is 0 Å². The smallest absolute Gasteiger partial charge is 0.167 e. The number of carbonyl (C=O) groups is 1. The summed E-state index contributed by atoms with van der Waals surface area (Å²) in [4.78, 5) is 11.8. The molecule has 0 bridgehead atoms. The van der Waals surface area contributed by atoms with Gasteiger partial charge >= 0.3 is 0 Å². The molecule has 0 aliphatic carbocycles. The number of hydrogen-bond acceptors (Lipinski definition) is 2. The monoisotopic (exact) mass is 265 g/mol. The molecular weight excluding hydrogens is 255 g/mol. The van der Waals surface area contributed by atoms with E-state index in [0.29, 0.717) is 6.07 Å². The molecule has 2 N–H and O–H groups in total. The van der Waals surface area contributed by atoms with Gasteiger partial charge in [-0.05, 0) is 29.8 Å². The van der Waals surface area contributed by atoms with Crippen LogP contribution in [-0.2, 0) is 6.42 Å². The van der Waals surface area contributed by atoms with Crippen LogP contribution in [-0.4, -0.2) is 5.78 Å². The molecule has 2 aromatic rings. The third-order valence-corrected chi connectivity index (χ3v) is 2.69. The first-order chi connectivity index (χ1) is 8.97. The first kappa shape index (κ1) is 13.1. The lowest BCUT2D eigenvalue weighted by atomic mass is 10.0. The maximum Gasteiger partial charge on any atom is 0.167 e. The number of carbonyl (C=O) groups excluding carboxylic acids is 1. The number of nitrogen functional groups attached to an aromatic ring is 1. The summed E-state index contributed by atoms with van der Waals surface area (Å²) < 4.78 is 39.3. The van der Waals surface area contributed by atoms with E-state index in [9.17, 15) is 18.0 Å². The molecule has 2 aromatic carbocycles. The Labute approximate surface area is 107 Å². The Morgan fingerprint density at radius 3 is 2.37 bits per heavy atom. The number of rotatable bonds is 3. The van der Waals surface area contributed by atoms with Crippen molar-refractivity contribution in [2.45, 2.75) is 6.42 Å². The summed E-state index contributed by atoms with van der Waals surface area (Å²) in [5, 5.41) is 0. The van der Waals surface area contributed by atoms with E-state index in [-0.39, 0.29) is 23.2 Å². The number of nitrogens with two attached hydrogens (primary N) is 1. The normalized spacial score (nSPS) is 10.5. The molecule has 0 spiro atoms. The van der Waals surface area contributed by atoms with Crippen molar-refractivity contribution in [3.05, 3.63) is 65.0 Å². The second kappa shape index (κ2) is 5.14. The van der Waals surface area contributed by atoms with Crippen LogP contribution in [0.25, 0.3) is 0 Å². The lowest BCUT2D eigenvalue weighted by molar-refractivity contribution is 0.0991. The van der Waals surface area contributed by atoms with E-state index in [1.807, 2.05) is 0 Å². The Kier molecular flexibility index (Phi) is 3.55. The quantitative estimate of drug-likeness (QED) is 0.684. The number of hydrogen-bond donors (Lipinski definition) is 1. The molecule has 2 rings (SSSR count). The highest BCUT2D eigenvalue weighted by molar-refractivity contribution is 5.97. The Hall–Kier alpha value is -2.30. The van der Waals surface area contributed by atoms with E-state index in [1.165, 1.54) is 18.2 Å².